The molecule has 0 aromatic carbocycles. The van der Waals surface area contributed by atoms with Crippen LogP contribution in [-0.4, -0.2) is 57.7 Å². The molecule has 0 aliphatic carbocycles. The van der Waals surface area contributed by atoms with Gasteiger partial charge in [0.15, 0.2) is 0 Å². The summed E-state index contributed by atoms with van der Waals surface area (Å²) in [6.45, 7) is 16.6. The van der Waals surface area contributed by atoms with Crippen LogP contribution >= 0.6 is 0 Å². The van der Waals surface area contributed by atoms with Crippen molar-refractivity contribution in [3.8, 4) is 0 Å². The molecule has 0 fully saturated rings. The van der Waals surface area contributed by atoms with Gasteiger partial charge in [-0.2, -0.15) is 10.2 Å². The Morgan fingerprint density at radius 1 is 0.842 bits per heavy atom. The highest BCUT2D eigenvalue weighted by atomic mass is 15.6. The Morgan fingerprint density at radius 3 is 1.58 bits per heavy atom. The van der Waals surface area contributed by atoms with Crippen LogP contribution in [0.3, 0.4) is 0 Å². The molecule has 0 amide bonds. The molecule has 19 heavy (non-hydrogen) atoms. The van der Waals surface area contributed by atoms with Crippen LogP contribution in [0.5, 0.6) is 0 Å². The van der Waals surface area contributed by atoms with E-state index in [1.807, 2.05) is 32.5 Å². The van der Waals surface area contributed by atoms with Gasteiger partial charge in [0.2, 0.25) is 13.3 Å². The Kier molecular flexibility index (Phi) is 4.50. The minimum atomic E-state index is 0.355. The van der Waals surface area contributed by atoms with Crippen molar-refractivity contribution in [1.82, 2.24) is 19.8 Å². The summed E-state index contributed by atoms with van der Waals surface area (Å²) >= 11 is 0. The van der Waals surface area contributed by atoms with Crippen LogP contribution < -0.4 is 0 Å². The number of rotatable bonds is 6. The van der Waals surface area contributed by atoms with E-state index in [2.05, 4.69) is 51.2 Å². The first-order valence-corrected chi connectivity index (χ1v) is 6.79. The summed E-state index contributed by atoms with van der Waals surface area (Å²) < 4.78 is 0. The zero-order chi connectivity index (χ0) is 13.8. The molecular formula is C13H22N6. The van der Waals surface area contributed by atoms with Gasteiger partial charge in [-0.25, -0.2) is 0 Å². The van der Waals surface area contributed by atoms with Gasteiger partial charge in [-0.1, -0.05) is 0 Å². The molecule has 6 heteroatoms. The molecule has 0 saturated carbocycles. The molecule has 0 aromatic rings. The van der Waals surface area contributed by atoms with Crippen molar-refractivity contribution < 1.29 is 0 Å². The summed E-state index contributed by atoms with van der Waals surface area (Å²) in [7, 11) is 0. The van der Waals surface area contributed by atoms with Gasteiger partial charge >= 0.3 is 0 Å². The van der Waals surface area contributed by atoms with Gasteiger partial charge in [-0.3, -0.25) is 10.0 Å². The Morgan fingerprint density at radius 2 is 1.26 bits per heavy atom. The first-order chi connectivity index (χ1) is 9.06. The largest absolute Gasteiger partial charge is 0.329 e. The van der Waals surface area contributed by atoms with Gasteiger partial charge in [0, 0.05) is 25.2 Å². The molecule has 0 saturated heterocycles. The molecule has 0 N–H and O–H groups in total. The predicted molar refractivity (Wildman–Crippen MR) is 75.4 cm³/mol. The third-order valence-electron chi connectivity index (χ3n) is 2.87. The van der Waals surface area contributed by atoms with Crippen molar-refractivity contribution in [2.45, 2.75) is 46.2 Å². The molecule has 4 radical (unpaired) electrons. The zero-order valence-electron chi connectivity index (χ0n) is 12.1. The minimum absolute atomic E-state index is 0.355. The standard InChI is InChI=1S/C13H22N6/c1-12(2)18-10-16(8-14-18)6-5-7-17-9-15-19(11-17)13(3)4/h8-9,12-13H,5-7H2,1-4H3. The number of hydrogen-bond donors (Lipinski definition) is 0. The lowest BCUT2D eigenvalue weighted by Gasteiger charge is -2.21. The molecule has 6 nitrogen and oxygen atoms in total. The second kappa shape index (κ2) is 6.12. The van der Waals surface area contributed by atoms with Crippen LogP contribution in [0, 0.1) is 13.3 Å². The maximum absolute atomic E-state index is 4.26. The van der Waals surface area contributed by atoms with E-state index in [0.717, 1.165) is 19.5 Å². The quantitative estimate of drug-likeness (QED) is 0.723. The van der Waals surface area contributed by atoms with Crippen molar-refractivity contribution >= 4 is 12.7 Å². The average molecular weight is 262 g/mol. The van der Waals surface area contributed by atoms with E-state index in [1.165, 1.54) is 0 Å². The average Bonchev–Trinajstić information content (AvgIpc) is 2.97. The molecule has 2 aliphatic rings. The minimum Gasteiger partial charge on any atom is -0.329 e. The molecule has 104 valence electrons. The van der Waals surface area contributed by atoms with E-state index in [-0.39, 0.29) is 0 Å². The Labute approximate surface area is 116 Å². The summed E-state index contributed by atoms with van der Waals surface area (Å²) in [5.74, 6) is 0. The van der Waals surface area contributed by atoms with Gasteiger partial charge in [-0.15, -0.1) is 0 Å². The topological polar surface area (TPSA) is 37.7 Å². The van der Waals surface area contributed by atoms with Crippen LogP contribution in [-0.2, 0) is 0 Å². The lowest BCUT2D eigenvalue weighted by atomic mass is 10.3. The van der Waals surface area contributed by atoms with Crippen molar-refractivity contribution in [3.63, 3.8) is 0 Å². The summed E-state index contributed by atoms with van der Waals surface area (Å²) in [5, 5.41) is 12.2. The fourth-order valence-electron chi connectivity index (χ4n) is 1.73. The fraction of sp³-hybridized carbons (Fsp3) is 0.692. The number of hydrazone groups is 2. The van der Waals surface area contributed by atoms with E-state index >= 15 is 0 Å². The molecule has 0 unspecified atom stereocenters. The molecular weight excluding hydrogens is 240 g/mol. The van der Waals surface area contributed by atoms with Crippen LogP contribution in [0.2, 0.25) is 0 Å². The molecule has 0 spiro atoms. The smallest absolute Gasteiger partial charge is 0.227 e. The lowest BCUT2D eigenvalue weighted by Crippen LogP contribution is -2.29. The molecule has 2 rings (SSSR count). The first-order valence-electron chi connectivity index (χ1n) is 6.79. The molecule has 2 aliphatic heterocycles. The van der Waals surface area contributed by atoms with E-state index in [1.54, 1.807) is 0 Å². The fourth-order valence-corrected chi connectivity index (χ4v) is 1.73. The van der Waals surface area contributed by atoms with Crippen LogP contribution in [0.1, 0.15) is 34.1 Å². The molecule has 0 bridgehead atoms. The predicted octanol–water partition coefficient (Wildman–Crippen LogP) is 1.31. The number of nitrogens with zero attached hydrogens (tertiary/aromatic N) is 6. The first kappa shape index (κ1) is 14.0. The SMILES string of the molecule is CC(C)N1[C]N(CCCN2[C]N(C(C)C)N=C2)C=N1. The van der Waals surface area contributed by atoms with E-state index < -0.39 is 0 Å². The zero-order valence-corrected chi connectivity index (χ0v) is 12.1. The van der Waals surface area contributed by atoms with E-state index in [9.17, 15) is 0 Å². The highest BCUT2D eigenvalue weighted by molar-refractivity contribution is 5.58. The normalized spacial score (nSPS) is 18.8. The monoisotopic (exact) mass is 262 g/mol. The van der Waals surface area contributed by atoms with Gasteiger partial charge in [0.05, 0.1) is 0 Å². The maximum Gasteiger partial charge on any atom is 0.227 e. The second-order valence-electron chi connectivity index (χ2n) is 5.28. The Balaban J connectivity index is 1.61. The molecule has 0 aromatic heterocycles. The van der Waals surface area contributed by atoms with Crippen molar-refractivity contribution in [3.05, 3.63) is 13.3 Å². The Hall–Kier alpha value is -1.46. The molecule has 0 atom stereocenters. The van der Waals surface area contributed by atoms with Crippen LogP contribution in [0.25, 0.3) is 0 Å². The summed E-state index contributed by atoms with van der Waals surface area (Å²) in [6.07, 6.45) is 4.66. The summed E-state index contributed by atoms with van der Waals surface area (Å²) in [6, 6.07) is 0.710. The van der Waals surface area contributed by atoms with Crippen molar-refractivity contribution in [2.75, 3.05) is 13.1 Å². The van der Waals surface area contributed by atoms with Gasteiger partial charge in [-0.05, 0) is 34.1 Å². The van der Waals surface area contributed by atoms with Gasteiger partial charge < -0.3 is 9.80 Å². The Bertz CT molecular complexity index is 306. The second-order valence-corrected chi connectivity index (χ2v) is 5.28. The van der Waals surface area contributed by atoms with Gasteiger partial charge in [0.1, 0.15) is 12.7 Å². The van der Waals surface area contributed by atoms with E-state index in [0.29, 0.717) is 12.1 Å². The third-order valence-corrected chi connectivity index (χ3v) is 2.87. The van der Waals surface area contributed by atoms with Gasteiger partial charge in [0.25, 0.3) is 0 Å². The molecule has 2 heterocycles. The highest BCUT2D eigenvalue weighted by Gasteiger charge is 2.20. The maximum atomic E-state index is 4.26. The number of hydrogen-bond acceptors (Lipinski definition) is 6. The van der Waals surface area contributed by atoms with Crippen molar-refractivity contribution in [2.24, 2.45) is 10.2 Å². The van der Waals surface area contributed by atoms with E-state index in [4.69, 9.17) is 0 Å². The highest BCUT2D eigenvalue weighted by Crippen LogP contribution is 2.13. The van der Waals surface area contributed by atoms with Crippen molar-refractivity contribution in [1.29, 1.82) is 0 Å². The summed E-state index contributed by atoms with van der Waals surface area (Å²) in [5.41, 5.74) is 0. The van der Waals surface area contributed by atoms with Crippen LogP contribution in [0.15, 0.2) is 10.2 Å². The third kappa shape index (κ3) is 3.75. The lowest BCUT2D eigenvalue weighted by molar-refractivity contribution is 0.243. The summed E-state index contributed by atoms with van der Waals surface area (Å²) in [4.78, 5) is 3.99. The van der Waals surface area contributed by atoms with Crippen LogP contribution in [0.4, 0.5) is 0 Å².